The summed E-state index contributed by atoms with van der Waals surface area (Å²) in [5.74, 6) is 1.58. The molecule has 1 N–H and O–H groups in total. The zero-order chi connectivity index (χ0) is 23.4. The molecule has 5 heterocycles. The number of anilines is 1. The van der Waals surface area contributed by atoms with E-state index in [1.807, 2.05) is 0 Å². The largest absolute Gasteiger partial charge is 0.372 e. The number of nitrogens with one attached hydrogen (secondary N) is 1. The number of fused-ring (bicyclic) bond motifs is 4. The summed E-state index contributed by atoms with van der Waals surface area (Å²) in [6.07, 6.45) is 3.11. The van der Waals surface area contributed by atoms with E-state index in [1.54, 1.807) is 6.92 Å². The van der Waals surface area contributed by atoms with Crippen LogP contribution in [0.4, 0.5) is 14.6 Å². The van der Waals surface area contributed by atoms with E-state index >= 15 is 4.39 Å². The van der Waals surface area contributed by atoms with Crippen molar-refractivity contribution >= 4 is 32.7 Å². The van der Waals surface area contributed by atoms with Gasteiger partial charge in [0.2, 0.25) is 5.89 Å². The minimum absolute atomic E-state index is 0.140. The van der Waals surface area contributed by atoms with E-state index in [4.69, 9.17) is 14.2 Å². The van der Waals surface area contributed by atoms with E-state index in [2.05, 4.69) is 41.3 Å². The molecular formula is C23H25BrF2N6O2. The fraction of sp³-hybridized carbons (Fsp3) is 0.565. The van der Waals surface area contributed by atoms with Crippen molar-refractivity contribution in [3.63, 3.8) is 0 Å². The summed E-state index contributed by atoms with van der Waals surface area (Å²) >= 11 is 3.40. The molecule has 2 fully saturated rings. The van der Waals surface area contributed by atoms with Crippen LogP contribution in [0, 0.1) is 12.7 Å². The lowest BCUT2D eigenvalue weighted by Gasteiger charge is -2.31. The maximum absolute atomic E-state index is 15.5. The van der Waals surface area contributed by atoms with Crippen molar-refractivity contribution in [1.29, 1.82) is 0 Å². The monoisotopic (exact) mass is 534 g/mol. The summed E-state index contributed by atoms with van der Waals surface area (Å²) in [5, 5.41) is 7.81. The van der Waals surface area contributed by atoms with Crippen LogP contribution >= 0.6 is 15.9 Å². The van der Waals surface area contributed by atoms with Crippen molar-refractivity contribution in [3.8, 4) is 0 Å². The highest BCUT2D eigenvalue weighted by atomic mass is 79.9. The van der Waals surface area contributed by atoms with Crippen LogP contribution in [0.5, 0.6) is 0 Å². The highest BCUT2D eigenvalue weighted by Crippen LogP contribution is 2.44. The number of aryl methyl sites for hydroxylation is 2. The van der Waals surface area contributed by atoms with Gasteiger partial charge in [-0.05, 0) is 53.7 Å². The van der Waals surface area contributed by atoms with Gasteiger partial charge in [-0.25, -0.2) is 18.7 Å². The molecule has 1 aromatic carbocycles. The van der Waals surface area contributed by atoms with Crippen molar-refractivity contribution in [2.75, 3.05) is 18.4 Å². The summed E-state index contributed by atoms with van der Waals surface area (Å²) < 4.78 is 40.7. The van der Waals surface area contributed by atoms with E-state index in [0.29, 0.717) is 65.8 Å². The Bertz CT molecular complexity index is 1270. The fourth-order valence-electron chi connectivity index (χ4n) is 5.81. The van der Waals surface area contributed by atoms with Crippen molar-refractivity contribution in [3.05, 3.63) is 39.0 Å². The number of alkyl halides is 1. The minimum Gasteiger partial charge on any atom is -0.372 e. The van der Waals surface area contributed by atoms with Gasteiger partial charge in [-0.2, -0.15) is 4.98 Å². The quantitative estimate of drug-likeness (QED) is 0.498. The highest BCUT2D eigenvalue weighted by molar-refractivity contribution is 9.10. The van der Waals surface area contributed by atoms with Gasteiger partial charge < -0.3 is 14.6 Å². The minimum atomic E-state index is -0.788. The molecule has 2 aromatic heterocycles. The predicted molar refractivity (Wildman–Crippen MR) is 123 cm³/mol. The number of aromatic nitrogens is 4. The molecule has 2 atom stereocenters. The second kappa shape index (κ2) is 8.46. The van der Waals surface area contributed by atoms with Gasteiger partial charge in [-0.1, -0.05) is 5.16 Å². The van der Waals surface area contributed by atoms with E-state index < -0.39 is 12.0 Å². The third-order valence-electron chi connectivity index (χ3n) is 7.34. The normalized spacial score (nSPS) is 24.2. The first kappa shape index (κ1) is 22.2. The SMILES string of the molecule is Cc1nc(CNc2nc(CC[C@@]34CCCN3C[C@H](F)C4)nc3c(F)c(Br)c4c(c23)COC4)no1. The molecule has 2 saturated heterocycles. The van der Waals surface area contributed by atoms with Gasteiger partial charge in [-0.15, -0.1) is 0 Å². The van der Waals surface area contributed by atoms with E-state index in [9.17, 15) is 4.39 Å². The summed E-state index contributed by atoms with van der Waals surface area (Å²) in [7, 11) is 0. The molecule has 0 bridgehead atoms. The molecule has 8 nitrogen and oxygen atoms in total. The Morgan fingerprint density at radius 2 is 2.06 bits per heavy atom. The Labute approximate surface area is 203 Å². The van der Waals surface area contributed by atoms with Crippen LogP contribution < -0.4 is 5.32 Å². The first-order chi connectivity index (χ1) is 16.4. The molecule has 0 unspecified atom stereocenters. The fourth-order valence-corrected chi connectivity index (χ4v) is 6.35. The van der Waals surface area contributed by atoms with Gasteiger partial charge in [0.15, 0.2) is 11.6 Å². The maximum atomic E-state index is 15.5. The van der Waals surface area contributed by atoms with Crippen LogP contribution in [0.1, 0.15) is 54.3 Å². The van der Waals surface area contributed by atoms with E-state index in [0.717, 1.165) is 36.9 Å². The lowest BCUT2D eigenvalue weighted by atomic mass is 9.88. The molecule has 0 saturated carbocycles. The lowest BCUT2D eigenvalue weighted by Crippen LogP contribution is -2.38. The molecule has 3 aliphatic heterocycles. The first-order valence-electron chi connectivity index (χ1n) is 11.6. The summed E-state index contributed by atoms with van der Waals surface area (Å²) in [6, 6.07) is 0. The Balaban J connectivity index is 1.38. The van der Waals surface area contributed by atoms with Gasteiger partial charge in [0.05, 0.1) is 29.6 Å². The van der Waals surface area contributed by atoms with Crippen LogP contribution in [0.2, 0.25) is 0 Å². The molecule has 180 valence electrons. The second-order valence-electron chi connectivity index (χ2n) is 9.45. The third-order valence-corrected chi connectivity index (χ3v) is 8.16. The average molecular weight is 535 g/mol. The smallest absolute Gasteiger partial charge is 0.223 e. The highest BCUT2D eigenvalue weighted by Gasteiger charge is 2.48. The molecule has 11 heteroatoms. The van der Waals surface area contributed by atoms with E-state index in [1.165, 1.54) is 0 Å². The zero-order valence-electron chi connectivity index (χ0n) is 18.8. The van der Waals surface area contributed by atoms with E-state index in [-0.39, 0.29) is 17.6 Å². The van der Waals surface area contributed by atoms with Crippen LogP contribution in [0.25, 0.3) is 10.9 Å². The molecular weight excluding hydrogens is 510 g/mol. The van der Waals surface area contributed by atoms with Crippen molar-refractivity contribution in [1.82, 2.24) is 25.0 Å². The van der Waals surface area contributed by atoms with Gasteiger partial charge in [0.25, 0.3) is 0 Å². The molecule has 6 rings (SSSR count). The van der Waals surface area contributed by atoms with Crippen molar-refractivity contribution < 1.29 is 18.0 Å². The number of ether oxygens (including phenoxy) is 1. The molecule has 0 radical (unpaired) electrons. The molecule has 0 spiro atoms. The number of nitrogens with zero attached hydrogens (tertiary/aromatic N) is 5. The van der Waals surface area contributed by atoms with Gasteiger partial charge in [0, 0.05) is 31.0 Å². The number of hydrogen-bond acceptors (Lipinski definition) is 8. The lowest BCUT2D eigenvalue weighted by molar-refractivity contribution is 0.134. The Morgan fingerprint density at radius 1 is 1.21 bits per heavy atom. The standard InChI is InChI=1S/C23H25BrF2N6O2/c1-12-28-17(31-34-12)8-27-22-18-14-10-33-11-15(14)19(24)20(26)21(18)29-16(30-22)3-5-23-4-2-6-32(23)9-13(25)7-23/h13H,2-11H2,1H3,(H,27,29,30)/t13-,23-/m1/s1. The van der Waals surface area contributed by atoms with Gasteiger partial charge >= 0.3 is 0 Å². The molecule has 3 aromatic rings. The topological polar surface area (TPSA) is 89.2 Å². The second-order valence-corrected chi connectivity index (χ2v) is 10.2. The van der Waals surface area contributed by atoms with Gasteiger partial charge in [0.1, 0.15) is 23.3 Å². The van der Waals surface area contributed by atoms with Gasteiger partial charge in [-0.3, -0.25) is 4.90 Å². The first-order valence-corrected chi connectivity index (χ1v) is 12.4. The van der Waals surface area contributed by atoms with Crippen LogP contribution in [-0.2, 0) is 30.9 Å². The van der Waals surface area contributed by atoms with Crippen molar-refractivity contribution in [2.45, 2.75) is 70.5 Å². The van der Waals surface area contributed by atoms with Crippen LogP contribution in [0.3, 0.4) is 0 Å². The molecule has 0 amide bonds. The van der Waals surface area contributed by atoms with Crippen LogP contribution in [-0.4, -0.2) is 49.8 Å². The Kier molecular flexibility index (Phi) is 5.53. The molecule has 34 heavy (non-hydrogen) atoms. The Hall–Kier alpha value is -2.24. The predicted octanol–water partition coefficient (Wildman–Crippen LogP) is 4.37. The number of halogens is 3. The summed E-state index contributed by atoms with van der Waals surface area (Å²) in [4.78, 5) is 16.0. The molecule has 3 aliphatic rings. The summed E-state index contributed by atoms with van der Waals surface area (Å²) in [5.41, 5.74) is 1.76. The Morgan fingerprint density at radius 3 is 2.88 bits per heavy atom. The third kappa shape index (κ3) is 3.68. The maximum Gasteiger partial charge on any atom is 0.223 e. The number of rotatable bonds is 6. The van der Waals surface area contributed by atoms with Crippen LogP contribution in [0.15, 0.2) is 9.00 Å². The average Bonchev–Trinajstić information content (AvgIpc) is 3.58. The van der Waals surface area contributed by atoms with Crippen molar-refractivity contribution in [2.24, 2.45) is 0 Å². The zero-order valence-corrected chi connectivity index (χ0v) is 20.4. The summed E-state index contributed by atoms with van der Waals surface area (Å²) in [6.45, 7) is 4.13. The number of benzene rings is 1. The number of hydrogen-bond donors (Lipinski definition) is 1. The molecule has 0 aliphatic carbocycles.